The molecular weight excluding hydrogens is 2000 g/mol. The van der Waals surface area contributed by atoms with E-state index in [0.29, 0.717) is 85.5 Å². The van der Waals surface area contributed by atoms with Crippen LogP contribution in [0.2, 0.25) is 10.0 Å². The fourth-order valence-electron chi connectivity index (χ4n) is 14.3. The number of pyridine rings is 3. The van der Waals surface area contributed by atoms with Gasteiger partial charge in [-0.1, -0.05) is 83.9 Å². The summed E-state index contributed by atoms with van der Waals surface area (Å²) in [5.74, 6) is -0.686. The van der Waals surface area contributed by atoms with Gasteiger partial charge in [-0.05, 0) is 239 Å². The molecule has 1 fully saturated rings. The third-order valence-electron chi connectivity index (χ3n) is 20.9. The second kappa shape index (κ2) is 37.0. The third-order valence-corrected chi connectivity index (χ3v) is 23.6. The van der Waals surface area contributed by atoms with E-state index in [4.69, 9.17) is 61.1 Å². The second-order valence-corrected chi connectivity index (χ2v) is 33.4. The van der Waals surface area contributed by atoms with E-state index < -0.39 is 73.7 Å². The molecule has 125 heavy (non-hydrogen) atoms. The van der Waals surface area contributed by atoms with Crippen LogP contribution in [-0.2, 0) is 56.0 Å². The molecule has 0 radical (unpaired) electrons. The lowest BCUT2D eigenvalue weighted by molar-refractivity contribution is -0.150. The predicted octanol–water partition coefficient (Wildman–Crippen LogP) is 15.8. The molecule has 1 saturated heterocycles. The van der Waals surface area contributed by atoms with E-state index in [1.54, 1.807) is 146 Å². The van der Waals surface area contributed by atoms with Gasteiger partial charge in [0, 0.05) is 71.8 Å². The Morgan fingerprint density at radius 1 is 0.384 bits per heavy atom. The van der Waals surface area contributed by atoms with Gasteiger partial charge in [0.25, 0.3) is 33.4 Å². The Morgan fingerprint density at radius 3 is 1.04 bits per heavy atom. The number of halogens is 8. The molecule has 7 heterocycles. The van der Waals surface area contributed by atoms with Crippen LogP contribution in [0.5, 0.6) is 51.7 Å². The van der Waals surface area contributed by atoms with Crippen LogP contribution in [0.25, 0.3) is 50.2 Å². The second-order valence-electron chi connectivity index (χ2n) is 28.8. The van der Waals surface area contributed by atoms with Gasteiger partial charge < -0.3 is 37.9 Å². The number of hydrogen-bond acceptors (Lipinski definition) is 17. The number of rotatable bonds is 19. The van der Waals surface area contributed by atoms with Crippen molar-refractivity contribution in [2.45, 2.75) is 53.1 Å². The largest absolute Gasteiger partial charge is 0.497 e. The highest BCUT2D eigenvalue weighted by molar-refractivity contribution is 14.1. The molecule has 0 unspecified atom stereocenters. The third kappa shape index (κ3) is 17.9. The summed E-state index contributed by atoms with van der Waals surface area (Å²) in [5.41, 5.74) is -2.24. The molecule has 6 aromatic heterocycles. The van der Waals surface area contributed by atoms with Crippen LogP contribution in [0.4, 0.5) is 13.2 Å². The highest BCUT2D eigenvalue weighted by atomic mass is 127. The minimum atomic E-state index is -0.994. The molecule has 1 aliphatic rings. The van der Waals surface area contributed by atoms with E-state index in [-0.39, 0.29) is 97.8 Å². The minimum absolute atomic E-state index is 0.0763. The molecule has 0 aliphatic carbocycles. The number of fused-ring (bicyclic) bond motifs is 3. The Balaban J connectivity index is 0.000000153. The summed E-state index contributed by atoms with van der Waals surface area (Å²) in [6.45, 7) is 7.71. The molecular formula is C91H73Cl2F3I3N9O17. The van der Waals surface area contributed by atoms with Gasteiger partial charge in [0.1, 0.15) is 102 Å². The summed E-state index contributed by atoms with van der Waals surface area (Å²) >= 11 is 18.5. The number of benzene rings is 9. The first kappa shape index (κ1) is 89.2. The van der Waals surface area contributed by atoms with E-state index in [2.05, 4.69) is 0 Å². The van der Waals surface area contributed by atoms with Crippen molar-refractivity contribution in [2.24, 2.45) is 21.1 Å². The van der Waals surface area contributed by atoms with Crippen LogP contribution >= 0.6 is 91.0 Å². The maximum absolute atomic E-state index is 15.5. The first-order chi connectivity index (χ1) is 59.7. The molecule has 16 rings (SSSR count). The first-order valence-corrected chi connectivity index (χ1v) is 42.1. The van der Waals surface area contributed by atoms with E-state index in [9.17, 15) is 43.2 Å². The maximum Gasteiger partial charge on any atom is 0.337 e. The highest BCUT2D eigenvalue weighted by Gasteiger charge is 2.36. The summed E-state index contributed by atoms with van der Waals surface area (Å²) in [5, 5.41) is 0.453. The fourth-order valence-corrected chi connectivity index (χ4v) is 16.1. The Labute approximate surface area is 758 Å². The van der Waals surface area contributed by atoms with Gasteiger partial charge in [0.2, 0.25) is 0 Å². The molecule has 9 aromatic carbocycles. The molecule has 0 N–H and O–H groups in total. The Bertz CT molecular complexity index is 7450. The van der Waals surface area contributed by atoms with Crippen molar-refractivity contribution in [3.8, 4) is 68.8 Å². The van der Waals surface area contributed by atoms with Crippen LogP contribution in [0.1, 0.15) is 45.9 Å². The van der Waals surface area contributed by atoms with Crippen molar-refractivity contribution in [1.29, 1.82) is 0 Å². The summed E-state index contributed by atoms with van der Waals surface area (Å²) in [7, 11) is 8.83. The number of aromatic nitrogens is 9. The van der Waals surface area contributed by atoms with Gasteiger partial charge in [-0.2, -0.15) is 0 Å². The van der Waals surface area contributed by atoms with Gasteiger partial charge in [0.15, 0.2) is 5.79 Å². The van der Waals surface area contributed by atoms with Gasteiger partial charge in [-0.25, -0.2) is 41.3 Å². The zero-order chi connectivity index (χ0) is 89.5. The average Bonchev–Trinajstić information content (AvgIpc) is 0.790. The number of methoxy groups -OCH3 is 3. The summed E-state index contributed by atoms with van der Waals surface area (Å²) < 4.78 is 103. The molecule has 0 atom stereocenters. The fraction of sp³-hybridized carbons (Fsp3) is 0.176. The number of hydrogen-bond donors (Lipinski definition) is 0. The Kier molecular flexibility index (Phi) is 26.4. The normalized spacial score (nSPS) is 12.2. The van der Waals surface area contributed by atoms with Crippen LogP contribution < -0.4 is 78.8 Å². The van der Waals surface area contributed by atoms with Crippen LogP contribution in [0.3, 0.4) is 0 Å². The van der Waals surface area contributed by atoms with Crippen molar-refractivity contribution < 1.29 is 51.1 Å². The number of ether oxygens (including phenoxy) is 8. The first-order valence-electron chi connectivity index (χ1n) is 38.1. The van der Waals surface area contributed by atoms with Crippen molar-refractivity contribution in [1.82, 2.24) is 41.1 Å². The van der Waals surface area contributed by atoms with Crippen molar-refractivity contribution in [3.63, 3.8) is 0 Å². The van der Waals surface area contributed by atoms with Gasteiger partial charge in [-0.15, -0.1) is 0 Å². The van der Waals surface area contributed by atoms with E-state index in [1.165, 1.54) is 91.0 Å². The van der Waals surface area contributed by atoms with Crippen molar-refractivity contribution in [2.75, 3.05) is 34.5 Å². The topological polar surface area (TPSA) is 272 Å². The maximum atomic E-state index is 15.5. The monoisotopic (exact) mass is 2070 g/mol. The molecule has 0 bridgehead atoms. The molecule has 640 valence electrons. The van der Waals surface area contributed by atoms with E-state index in [0.717, 1.165) is 58.3 Å². The quantitative estimate of drug-likeness (QED) is 0.0680. The Hall–Kier alpha value is -12.1. The zero-order valence-electron chi connectivity index (χ0n) is 68.1. The molecule has 1 aliphatic heterocycles. The van der Waals surface area contributed by atoms with Gasteiger partial charge in [-0.3, -0.25) is 56.2 Å². The van der Waals surface area contributed by atoms with Crippen molar-refractivity contribution in [3.05, 3.63) is 371 Å². The predicted molar refractivity (Wildman–Crippen MR) is 494 cm³/mol. The van der Waals surface area contributed by atoms with E-state index >= 15 is 13.2 Å². The molecule has 0 saturated carbocycles. The summed E-state index contributed by atoms with van der Waals surface area (Å²) in [4.78, 5) is 124. The van der Waals surface area contributed by atoms with E-state index in [1.807, 2.05) is 94.6 Å². The van der Waals surface area contributed by atoms with Gasteiger partial charge >= 0.3 is 17.1 Å². The highest BCUT2D eigenvalue weighted by Crippen LogP contribution is 2.40. The van der Waals surface area contributed by atoms with Crippen LogP contribution in [0.15, 0.2) is 243 Å². The van der Waals surface area contributed by atoms with Gasteiger partial charge in [0.05, 0.1) is 76.3 Å². The lowest BCUT2D eigenvalue weighted by atomic mass is 10.0. The summed E-state index contributed by atoms with van der Waals surface area (Å²) in [6.07, 6.45) is 0. The summed E-state index contributed by atoms with van der Waals surface area (Å²) in [6, 6.07) is 52.5. The molecule has 0 spiro atoms. The zero-order valence-corrected chi connectivity index (χ0v) is 76.1. The number of nitrogens with zero attached hydrogens (tertiary/aromatic N) is 9. The van der Waals surface area contributed by atoms with Crippen LogP contribution in [0, 0.1) is 48.9 Å². The lowest BCUT2D eigenvalue weighted by Crippen LogP contribution is -2.42. The SMILES string of the molecule is COc1ccc(Cn2c(=O)c3c(Oc4ccc(C)cc4Cl)cc(=O)n(C)c3n(-c3ccc(I)cc3F)c2=O)cc1.COc1ccc(Cn2c(=O)c3c(Oc4cccc(C5(C)OCCO5)c4C)cc(=O)n(C)c3n(-c3ccc(I)cc3F)c2=O)cc1.COc1ccc(Cn2c(=O)c3c(Oc4cccc(Cl)c4C)cc(=O)n(C)c3n(-c3ccc(I)cc3F)c2=O)cc1. The lowest BCUT2D eigenvalue weighted by Gasteiger charge is -2.26. The molecule has 34 heteroatoms. The number of aryl methyl sites for hydroxylation is 4. The smallest absolute Gasteiger partial charge is 0.337 e. The Morgan fingerprint density at radius 2 is 0.712 bits per heavy atom. The van der Waals surface area contributed by atoms with Crippen molar-refractivity contribution >= 4 is 124 Å². The average molecular weight is 2070 g/mol. The molecule has 26 nitrogen and oxygen atoms in total. The molecule has 15 aromatic rings. The van der Waals surface area contributed by atoms with Crippen LogP contribution in [-0.4, -0.2) is 75.6 Å². The molecule has 0 amide bonds. The standard InChI is InChI=1S/C33H29FIN3O7.2C29H22ClFIN3O5/c1-19-23(33(2)43-14-15-44-33)6-5-7-26(19)45-27-17-28(39)36(3)30-29(27)31(40)37(18-20-8-11-22(42-4)12-9-20)32(41)38(30)25-13-10-21(35)16-24(25)34;1-16-4-11-23(20(30)12-16)40-24-14-25(36)33(2)27-26(24)28(37)34(15-17-5-8-19(39-3)9-6-17)29(38)35(27)22-10-7-18(32)13-21(22)31;1-16-20(30)5-4-6-23(16)40-24-14-25(36)33(2)27-26(24)28(37)34(15-17-7-10-19(39-3)11-8-17)29(38)35(27)22-12-9-18(32)13-21(22)31/h5-13,16-17H,14-15,18H2,1-4H3;2*4-14H,15H2,1-3H3. The minimum Gasteiger partial charge on any atom is -0.497 e.